The molecule has 9 nitrogen and oxygen atoms in total. The van der Waals surface area contributed by atoms with Crippen molar-refractivity contribution in [3.8, 4) is 0 Å². The van der Waals surface area contributed by atoms with Gasteiger partial charge in [-0.3, -0.25) is 9.59 Å². The second-order valence-electron chi connectivity index (χ2n) is 8.70. The Labute approximate surface area is 177 Å². The molecular formula is C21H33N5O4. The summed E-state index contributed by atoms with van der Waals surface area (Å²) in [5, 5.41) is 5.46. The Bertz CT molecular complexity index is 795. The average molecular weight is 420 g/mol. The summed E-state index contributed by atoms with van der Waals surface area (Å²) >= 11 is 0. The fourth-order valence-corrected chi connectivity index (χ4v) is 3.55. The highest BCUT2D eigenvalue weighted by Crippen LogP contribution is 2.20. The van der Waals surface area contributed by atoms with Crippen molar-refractivity contribution in [3.63, 3.8) is 0 Å². The lowest BCUT2D eigenvalue weighted by atomic mass is 10.1. The van der Waals surface area contributed by atoms with E-state index in [-0.39, 0.29) is 11.8 Å². The molecule has 30 heavy (non-hydrogen) atoms. The first-order chi connectivity index (χ1) is 13.9. The van der Waals surface area contributed by atoms with Crippen LogP contribution in [0.3, 0.4) is 0 Å². The van der Waals surface area contributed by atoms with Gasteiger partial charge in [0.1, 0.15) is 23.5 Å². The Kier molecular flexibility index (Phi) is 7.28. The molecule has 0 bridgehead atoms. The van der Waals surface area contributed by atoms with Gasteiger partial charge in [-0.05, 0) is 71.6 Å². The molecule has 0 spiro atoms. The molecule has 166 valence electrons. The van der Waals surface area contributed by atoms with E-state index < -0.39 is 23.8 Å². The number of pyridine rings is 1. The molecule has 9 heteroatoms. The number of carbonyl (C=O) groups excluding carboxylic acids is 3. The lowest BCUT2D eigenvalue weighted by molar-refractivity contribution is -0.139. The summed E-state index contributed by atoms with van der Waals surface area (Å²) in [5.41, 5.74) is 7.72. The number of aromatic nitrogens is 1. The minimum atomic E-state index is -0.793. The summed E-state index contributed by atoms with van der Waals surface area (Å²) in [4.78, 5) is 43.3. The summed E-state index contributed by atoms with van der Waals surface area (Å²) in [6.45, 7) is 11.4. The van der Waals surface area contributed by atoms with Gasteiger partial charge in [0.05, 0.1) is 0 Å². The van der Waals surface area contributed by atoms with Crippen LogP contribution < -0.4 is 16.4 Å². The van der Waals surface area contributed by atoms with E-state index in [4.69, 9.17) is 10.5 Å². The maximum atomic E-state index is 12.8. The van der Waals surface area contributed by atoms with Crippen LogP contribution in [-0.2, 0) is 20.9 Å². The molecule has 2 heterocycles. The number of anilines is 1. The van der Waals surface area contributed by atoms with E-state index in [2.05, 4.69) is 15.6 Å². The fourth-order valence-electron chi connectivity index (χ4n) is 3.55. The summed E-state index contributed by atoms with van der Waals surface area (Å²) in [5.74, 6) is -0.0833. The summed E-state index contributed by atoms with van der Waals surface area (Å²) in [6, 6.07) is 0.408. The molecule has 0 saturated carbocycles. The zero-order valence-electron chi connectivity index (χ0n) is 18.7. The van der Waals surface area contributed by atoms with Crippen molar-refractivity contribution in [1.82, 2.24) is 20.5 Å². The van der Waals surface area contributed by atoms with E-state index in [1.807, 2.05) is 13.8 Å². The van der Waals surface area contributed by atoms with Crippen LogP contribution in [0.25, 0.3) is 0 Å². The minimum absolute atomic E-state index is 0.221. The molecule has 3 amide bonds. The van der Waals surface area contributed by atoms with Gasteiger partial charge < -0.3 is 26.0 Å². The number of amides is 3. The molecule has 2 rings (SSSR count). The third-order valence-electron chi connectivity index (χ3n) is 4.96. The van der Waals surface area contributed by atoms with E-state index >= 15 is 0 Å². The van der Waals surface area contributed by atoms with Crippen LogP contribution >= 0.6 is 0 Å². The molecule has 1 aromatic heterocycles. The normalized spacial score (nSPS) is 17.4. The highest BCUT2D eigenvalue weighted by atomic mass is 16.6. The van der Waals surface area contributed by atoms with E-state index in [0.29, 0.717) is 25.3 Å². The zero-order valence-corrected chi connectivity index (χ0v) is 18.7. The SMILES string of the molecule is Cc1cc(N)nc(C)c1CNC(=O)[C@@H]1CCCN1C(=O)[C@@H](C)NC(=O)OC(C)(C)C. The molecule has 0 aromatic carbocycles. The van der Waals surface area contributed by atoms with Crippen molar-refractivity contribution in [2.24, 2.45) is 0 Å². The first kappa shape index (κ1) is 23.4. The minimum Gasteiger partial charge on any atom is -0.444 e. The quantitative estimate of drug-likeness (QED) is 0.668. The molecule has 4 N–H and O–H groups in total. The molecule has 0 unspecified atom stereocenters. The van der Waals surface area contributed by atoms with Gasteiger partial charge in [0, 0.05) is 18.8 Å². The fraction of sp³-hybridized carbons (Fsp3) is 0.619. The second-order valence-corrected chi connectivity index (χ2v) is 8.70. The maximum absolute atomic E-state index is 12.8. The Morgan fingerprint density at radius 3 is 2.60 bits per heavy atom. The molecule has 1 fully saturated rings. The number of hydrogen-bond acceptors (Lipinski definition) is 6. The van der Waals surface area contributed by atoms with Crippen molar-refractivity contribution >= 4 is 23.7 Å². The highest BCUT2D eigenvalue weighted by molar-refractivity contribution is 5.91. The van der Waals surface area contributed by atoms with Crippen LogP contribution in [-0.4, -0.2) is 52.0 Å². The number of nitrogens with one attached hydrogen (secondary N) is 2. The van der Waals surface area contributed by atoms with E-state index in [1.165, 1.54) is 4.90 Å². The Morgan fingerprint density at radius 2 is 2.00 bits per heavy atom. The maximum Gasteiger partial charge on any atom is 0.408 e. The monoisotopic (exact) mass is 419 g/mol. The molecular weight excluding hydrogens is 386 g/mol. The number of ether oxygens (including phenoxy) is 1. The predicted octanol–water partition coefficient (Wildman–Crippen LogP) is 1.80. The number of rotatable bonds is 5. The Balaban J connectivity index is 1.98. The van der Waals surface area contributed by atoms with Gasteiger partial charge in [-0.25, -0.2) is 9.78 Å². The van der Waals surface area contributed by atoms with Crippen LogP contribution in [0, 0.1) is 13.8 Å². The first-order valence-electron chi connectivity index (χ1n) is 10.2. The molecule has 1 aliphatic heterocycles. The summed E-state index contributed by atoms with van der Waals surface area (Å²) < 4.78 is 5.20. The van der Waals surface area contributed by atoms with Gasteiger partial charge in [-0.2, -0.15) is 0 Å². The molecule has 1 saturated heterocycles. The lowest BCUT2D eigenvalue weighted by Crippen LogP contribution is -2.53. The summed E-state index contributed by atoms with van der Waals surface area (Å²) in [7, 11) is 0. The van der Waals surface area contributed by atoms with Gasteiger partial charge in [-0.1, -0.05) is 0 Å². The van der Waals surface area contributed by atoms with Crippen LogP contribution in [0.4, 0.5) is 10.6 Å². The zero-order chi connectivity index (χ0) is 22.6. The van der Waals surface area contributed by atoms with Crippen molar-refractivity contribution in [3.05, 3.63) is 22.9 Å². The topological polar surface area (TPSA) is 127 Å². The number of nitrogens with two attached hydrogens (primary N) is 1. The van der Waals surface area contributed by atoms with Gasteiger partial charge in [0.25, 0.3) is 0 Å². The van der Waals surface area contributed by atoms with Gasteiger partial charge in [0.15, 0.2) is 0 Å². The van der Waals surface area contributed by atoms with E-state index in [0.717, 1.165) is 23.2 Å². The van der Waals surface area contributed by atoms with E-state index in [1.54, 1.807) is 33.8 Å². The van der Waals surface area contributed by atoms with Gasteiger partial charge in [0.2, 0.25) is 11.8 Å². The van der Waals surface area contributed by atoms with Gasteiger partial charge >= 0.3 is 6.09 Å². The van der Waals surface area contributed by atoms with Crippen molar-refractivity contribution in [2.75, 3.05) is 12.3 Å². The van der Waals surface area contributed by atoms with E-state index in [9.17, 15) is 14.4 Å². The molecule has 0 aliphatic carbocycles. The smallest absolute Gasteiger partial charge is 0.408 e. The van der Waals surface area contributed by atoms with Crippen molar-refractivity contribution < 1.29 is 19.1 Å². The standard InChI is InChI=1S/C21H33N5O4/c1-12-10-17(22)24-13(2)15(12)11-23-18(27)16-8-7-9-26(16)19(28)14(3)25-20(29)30-21(4,5)6/h10,14,16H,7-9,11H2,1-6H3,(H2,22,24)(H,23,27)(H,25,29)/t14-,16+/m1/s1. The Hall–Kier alpha value is -2.84. The lowest BCUT2D eigenvalue weighted by Gasteiger charge is -2.28. The third kappa shape index (κ3) is 6.08. The predicted molar refractivity (Wildman–Crippen MR) is 114 cm³/mol. The molecule has 0 radical (unpaired) electrons. The summed E-state index contributed by atoms with van der Waals surface area (Å²) in [6.07, 6.45) is 0.643. The highest BCUT2D eigenvalue weighted by Gasteiger charge is 2.36. The Morgan fingerprint density at radius 1 is 1.33 bits per heavy atom. The second kappa shape index (κ2) is 9.32. The third-order valence-corrected chi connectivity index (χ3v) is 4.96. The number of hydrogen-bond donors (Lipinski definition) is 3. The number of aryl methyl sites for hydroxylation is 2. The van der Waals surface area contributed by atoms with Crippen molar-refractivity contribution in [2.45, 2.75) is 78.6 Å². The average Bonchev–Trinajstić information content (AvgIpc) is 3.07. The number of alkyl carbamates (subject to hydrolysis) is 1. The molecule has 1 aromatic rings. The van der Waals surface area contributed by atoms with Crippen LogP contribution in [0.15, 0.2) is 6.07 Å². The first-order valence-corrected chi connectivity index (χ1v) is 10.2. The number of carbonyl (C=O) groups is 3. The number of nitrogens with zero attached hydrogens (tertiary/aromatic N) is 2. The number of likely N-dealkylation sites (tertiary alicyclic amines) is 1. The number of nitrogen functional groups attached to an aromatic ring is 1. The molecule has 1 aliphatic rings. The van der Waals surface area contributed by atoms with Crippen LogP contribution in [0.1, 0.15) is 57.4 Å². The van der Waals surface area contributed by atoms with Crippen molar-refractivity contribution in [1.29, 1.82) is 0 Å². The largest absolute Gasteiger partial charge is 0.444 e. The van der Waals surface area contributed by atoms with Gasteiger partial charge in [-0.15, -0.1) is 0 Å². The van der Waals surface area contributed by atoms with Crippen LogP contribution in [0.5, 0.6) is 0 Å². The van der Waals surface area contributed by atoms with Crippen LogP contribution in [0.2, 0.25) is 0 Å². The molecule has 2 atom stereocenters.